The number of alkyl carbamates (subject to hydrolysis) is 1. The summed E-state index contributed by atoms with van der Waals surface area (Å²) in [5, 5.41) is 8.67. The highest BCUT2D eigenvalue weighted by Crippen LogP contribution is 2.60. The van der Waals surface area contributed by atoms with Crippen molar-refractivity contribution < 1.29 is 28.5 Å². The molecule has 2 saturated heterocycles. The first-order chi connectivity index (χ1) is 12.8. The van der Waals surface area contributed by atoms with Crippen LogP contribution in [0.15, 0.2) is 11.8 Å². The number of amides is 2. The summed E-state index contributed by atoms with van der Waals surface area (Å²) >= 11 is 0. The second-order valence-corrected chi connectivity index (χ2v) is 8.14. The van der Waals surface area contributed by atoms with Gasteiger partial charge in [-0.25, -0.2) is 4.79 Å². The van der Waals surface area contributed by atoms with Gasteiger partial charge in [-0.2, -0.15) is 0 Å². The summed E-state index contributed by atoms with van der Waals surface area (Å²) in [5.41, 5.74) is -0.691. The molecule has 2 unspecified atom stereocenters. The van der Waals surface area contributed by atoms with E-state index in [-0.39, 0.29) is 30.0 Å². The van der Waals surface area contributed by atoms with Crippen LogP contribution in [0, 0.1) is 11.8 Å². The Morgan fingerprint density at radius 2 is 2.11 bits per heavy atom. The van der Waals surface area contributed by atoms with Crippen molar-refractivity contribution >= 4 is 12.0 Å². The van der Waals surface area contributed by atoms with Crippen LogP contribution in [0.5, 0.6) is 0 Å². The molecule has 0 aromatic heterocycles. The molecule has 150 valence electrons. The zero-order chi connectivity index (χ0) is 19.4. The van der Waals surface area contributed by atoms with Gasteiger partial charge in [0.15, 0.2) is 5.72 Å². The summed E-state index contributed by atoms with van der Waals surface area (Å²) in [4.78, 5) is 24.7. The maximum Gasteiger partial charge on any atom is 0.409 e. The van der Waals surface area contributed by atoms with E-state index < -0.39 is 23.7 Å². The predicted octanol–water partition coefficient (Wildman–Crippen LogP) is 0.217. The van der Waals surface area contributed by atoms with Gasteiger partial charge in [0, 0.05) is 26.1 Å². The Hall–Kier alpha value is -1.84. The monoisotopic (exact) mass is 381 g/mol. The molecule has 7 atom stereocenters. The first kappa shape index (κ1) is 18.5. The number of morpholine rings is 1. The second kappa shape index (κ2) is 6.35. The van der Waals surface area contributed by atoms with Gasteiger partial charge < -0.3 is 34.9 Å². The fraction of sp³-hybridized carbons (Fsp3) is 0.778. The first-order valence-electron chi connectivity index (χ1n) is 9.38. The topological polar surface area (TPSA) is 110 Å². The normalized spacial score (nSPS) is 44.9. The minimum atomic E-state index is -0.789. The molecule has 2 amide bonds. The van der Waals surface area contributed by atoms with Crippen molar-refractivity contribution in [3.05, 3.63) is 11.8 Å². The van der Waals surface area contributed by atoms with Gasteiger partial charge in [0.25, 0.3) is 12.2 Å². The number of rotatable bonds is 3. The van der Waals surface area contributed by atoms with E-state index in [1.165, 1.54) is 13.3 Å². The van der Waals surface area contributed by atoms with Crippen LogP contribution in [0.4, 0.5) is 4.79 Å². The minimum absolute atomic E-state index is 0.00477. The molecule has 0 bridgehead atoms. The van der Waals surface area contributed by atoms with Crippen LogP contribution >= 0.6 is 0 Å². The highest BCUT2D eigenvalue weighted by Gasteiger charge is 2.71. The molecule has 0 aromatic carbocycles. The molecule has 3 fully saturated rings. The zero-order valence-electron chi connectivity index (χ0n) is 16.0. The third kappa shape index (κ3) is 3.17. The smallest absolute Gasteiger partial charge is 0.409 e. The average molecular weight is 381 g/mol. The molecule has 9 heteroatoms. The van der Waals surface area contributed by atoms with E-state index >= 15 is 0 Å². The molecule has 3 heterocycles. The number of epoxide rings is 1. The number of ether oxygens (including phenoxy) is 4. The van der Waals surface area contributed by atoms with Crippen molar-refractivity contribution in [3.8, 4) is 0 Å². The second-order valence-electron chi connectivity index (χ2n) is 8.14. The molecule has 3 N–H and O–H groups in total. The molecule has 0 radical (unpaired) electrons. The van der Waals surface area contributed by atoms with Gasteiger partial charge in [-0.3, -0.25) is 4.79 Å². The predicted molar refractivity (Wildman–Crippen MR) is 93.3 cm³/mol. The number of carbonyl (C=O) groups is 2. The third-order valence-electron chi connectivity index (χ3n) is 5.99. The summed E-state index contributed by atoms with van der Waals surface area (Å²) in [6.07, 6.45) is 0.808. The minimum Gasteiger partial charge on any atom is -0.461 e. The van der Waals surface area contributed by atoms with Crippen LogP contribution in [-0.4, -0.2) is 62.0 Å². The Labute approximate surface area is 158 Å². The molecule has 4 aliphatic rings. The van der Waals surface area contributed by atoms with E-state index in [9.17, 15) is 9.59 Å². The van der Waals surface area contributed by atoms with Crippen molar-refractivity contribution in [1.82, 2.24) is 16.0 Å². The SMILES string of the molecule is CNC(=O)O[C@@H]1OC=C(C(=O)NC2(C)CNCC(C)O2)[C@H]2C[C@@H]3O[C@]3(C)[C@H]12. The standard InChI is InChI=1S/C18H27N3O6/c1-9-6-20-8-17(2,26-9)21-14(22)11-7-24-15(25-16(23)19-4)13-10(11)5-12-18(13,3)27-12/h7,9-10,12-13,15,20H,5-6,8H2,1-4H3,(H,19,23)(H,21,22)/t9?,10-,12+,13+,15+,17?,18+/m1/s1. The van der Waals surface area contributed by atoms with Crippen molar-refractivity contribution in [2.45, 2.75) is 57.0 Å². The highest BCUT2D eigenvalue weighted by atomic mass is 16.7. The molecule has 4 rings (SSSR count). The quantitative estimate of drug-likeness (QED) is 0.600. The Kier molecular flexibility index (Phi) is 4.36. The molecule has 9 nitrogen and oxygen atoms in total. The summed E-state index contributed by atoms with van der Waals surface area (Å²) in [5.74, 6) is -0.566. The van der Waals surface area contributed by atoms with Crippen molar-refractivity contribution in [3.63, 3.8) is 0 Å². The van der Waals surface area contributed by atoms with Crippen LogP contribution in [0.2, 0.25) is 0 Å². The average Bonchev–Trinajstić information content (AvgIpc) is 3.15. The first-order valence-corrected chi connectivity index (χ1v) is 9.38. The molecular formula is C18H27N3O6. The lowest BCUT2D eigenvalue weighted by Gasteiger charge is -2.40. The number of carbonyl (C=O) groups excluding carboxylic acids is 2. The van der Waals surface area contributed by atoms with Crippen LogP contribution in [0.25, 0.3) is 0 Å². The van der Waals surface area contributed by atoms with Gasteiger partial charge in [0.2, 0.25) is 0 Å². The van der Waals surface area contributed by atoms with Crippen LogP contribution in [0.1, 0.15) is 27.2 Å². The number of fused-ring (bicyclic) bond motifs is 3. The Morgan fingerprint density at radius 3 is 2.81 bits per heavy atom. The number of hydrogen-bond acceptors (Lipinski definition) is 7. The van der Waals surface area contributed by atoms with Crippen LogP contribution in [0.3, 0.4) is 0 Å². The van der Waals surface area contributed by atoms with Gasteiger partial charge in [0.1, 0.15) is 5.60 Å². The molecule has 27 heavy (non-hydrogen) atoms. The summed E-state index contributed by atoms with van der Waals surface area (Å²) < 4.78 is 22.7. The van der Waals surface area contributed by atoms with Gasteiger partial charge in [-0.1, -0.05) is 0 Å². The largest absolute Gasteiger partial charge is 0.461 e. The fourth-order valence-electron chi connectivity index (χ4n) is 4.63. The maximum atomic E-state index is 13.0. The lowest BCUT2D eigenvalue weighted by Crippen LogP contribution is -2.61. The maximum absolute atomic E-state index is 13.0. The number of hydrogen-bond donors (Lipinski definition) is 3. The Bertz CT molecular complexity index is 684. The summed E-state index contributed by atoms with van der Waals surface area (Å²) in [6, 6.07) is 0. The molecular weight excluding hydrogens is 354 g/mol. The zero-order valence-corrected chi connectivity index (χ0v) is 16.0. The molecule has 1 saturated carbocycles. The van der Waals surface area contributed by atoms with E-state index in [1.807, 2.05) is 20.8 Å². The molecule has 3 aliphatic heterocycles. The van der Waals surface area contributed by atoms with E-state index in [1.54, 1.807) is 0 Å². The lowest BCUT2D eigenvalue weighted by atomic mass is 9.81. The number of nitrogens with one attached hydrogen (secondary N) is 3. The van der Waals surface area contributed by atoms with Gasteiger partial charge in [-0.15, -0.1) is 0 Å². The van der Waals surface area contributed by atoms with Gasteiger partial charge in [-0.05, 0) is 27.2 Å². The van der Waals surface area contributed by atoms with Crippen LogP contribution in [-0.2, 0) is 23.7 Å². The molecule has 0 spiro atoms. The van der Waals surface area contributed by atoms with E-state index in [4.69, 9.17) is 18.9 Å². The highest BCUT2D eigenvalue weighted by molar-refractivity contribution is 5.94. The van der Waals surface area contributed by atoms with E-state index in [0.717, 1.165) is 6.54 Å². The summed E-state index contributed by atoms with van der Waals surface area (Å²) in [6.45, 7) is 7.06. The van der Waals surface area contributed by atoms with Gasteiger partial charge in [0.05, 0.1) is 30.0 Å². The Balaban J connectivity index is 1.52. The third-order valence-corrected chi connectivity index (χ3v) is 5.99. The molecule has 0 aromatic rings. The molecule has 1 aliphatic carbocycles. The van der Waals surface area contributed by atoms with E-state index in [2.05, 4.69) is 16.0 Å². The van der Waals surface area contributed by atoms with Crippen molar-refractivity contribution in [2.24, 2.45) is 11.8 Å². The fourth-order valence-corrected chi connectivity index (χ4v) is 4.63. The van der Waals surface area contributed by atoms with Gasteiger partial charge >= 0.3 is 6.09 Å². The summed E-state index contributed by atoms with van der Waals surface area (Å²) in [7, 11) is 1.49. The Morgan fingerprint density at radius 1 is 1.33 bits per heavy atom. The van der Waals surface area contributed by atoms with Crippen LogP contribution < -0.4 is 16.0 Å². The van der Waals surface area contributed by atoms with Crippen molar-refractivity contribution in [2.75, 3.05) is 20.1 Å². The van der Waals surface area contributed by atoms with E-state index in [0.29, 0.717) is 18.5 Å². The lowest BCUT2D eigenvalue weighted by molar-refractivity contribution is -0.150. The van der Waals surface area contributed by atoms with Crippen molar-refractivity contribution in [1.29, 1.82) is 0 Å².